The molecule has 0 amide bonds. The molecule has 1 unspecified atom stereocenters. The maximum atomic E-state index is 12.2. The Morgan fingerprint density at radius 1 is 1.00 bits per heavy atom. The van der Waals surface area contributed by atoms with Crippen LogP contribution in [0.1, 0.15) is 18.5 Å². The van der Waals surface area contributed by atoms with E-state index in [0.29, 0.717) is 24.7 Å². The molecule has 1 aliphatic heterocycles. The summed E-state index contributed by atoms with van der Waals surface area (Å²) < 4.78 is 51.4. The van der Waals surface area contributed by atoms with Gasteiger partial charge >= 0.3 is 6.36 Å². The lowest BCUT2D eigenvalue weighted by atomic mass is 10.1. The van der Waals surface area contributed by atoms with Crippen LogP contribution in [-0.4, -0.2) is 19.6 Å². The predicted octanol–water partition coefficient (Wildman–Crippen LogP) is 4.53. The summed E-state index contributed by atoms with van der Waals surface area (Å²) in [7, 11) is 0. The summed E-state index contributed by atoms with van der Waals surface area (Å²) in [5, 5.41) is 3.28. The highest BCUT2D eigenvalue weighted by Gasteiger charge is 2.31. The number of fused-ring (bicyclic) bond motifs is 1. The molecule has 0 spiro atoms. The lowest BCUT2D eigenvalue weighted by Crippen LogP contribution is -2.17. The smallest absolute Gasteiger partial charge is 0.486 e. The molecule has 1 heterocycles. The van der Waals surface area contributed by atoms with E-state index in [2.05, 4.69) is 10.1 Å². The maximum Gasteiger partial charge on any atom is 0.573 e. The molecule has 0 bridgehead atoms. The van der Waals surface area contributed by atoms with Gasteiger partial charge < -0.3 is 19.5 Å². The second-order valence-electron chi connectivity index (χ2n) is 5.34. The molecule has 0 radical (unpaired) electrons. The van der Waals surface area contributed by atoms with Gasteiger partial charge in [-0.2, -0.15) is 0 Å². The third-order valence-corrected chi connectivity index (χ3v) is 3.54. The Bertz CT molecular complexity index is 701. The second-order valence-corrected chi connectivity index (χ2v) is 5.34. The molecule has 1 N–H and O–H groups in total. The molecule has 24 heavy (non-hydrogen) atoms. The quantitative estimate of drug-likeness (QED) is 0.888. The van der Waals surface area contributed by atoms with Crippen LogP contribution in [0, 0.1) is 0 Å². The SMILES string of the molecule is CC(Nc1ccc2c(c1)OCCO2)c1ccc(OC(F)(F)F)cc1. The second kappa shape index (κ2) is 6.51. The molecule has 0 fully saturated rings. The monoisotopic (exact) mass is 339 g/mol. The normalized spacial score (nSPS) is 14.8. The molecule has 1 aliphatic rings. The van der Waals surface area contributed by atoms with Gasteiger partial charge in [0.05, 0.1) is 0 Å². The van der Waals surface area contributed by atoms with Crippen molar-refractivity contribution in [2.45, 2.75) is 19.3 Å². The zero-order valence-electron chi connectivity index (χ0n) is 12.9. The van der Waals surface area contributed by atoms with E-state index in [-0.39, 0.29) is 11.8 Å². The third kappa shape index (κ3) is 4.04. The van der Waals surface area contributed by atoms with E-state index in [1.54, 1.807) is 12.1 Å². The first kappa shape index (κ1) is 16.3. The summed E-state index contributed by atoms with van der Waals surface area (Å²) in [6.07, 6.45) is -4.68. The highest BCUT2D eigenvalue weighted by molar-refractivity contribution is 5.56. The van der Waals surface area contributed by atoms with Crippen molar-refractivity contribution in [3.05, 3.63) is 48.0 Å². The van der Waals surface area contributed by atoms with Crippen molar-refractivity contribution >= 4 is 5.69 Å². The minimum Gasteiger partial charge on any atom is -0.486 e. The van der Waals surface area contributed by atoms with Crippen LogP contribution in [-0.2, 0) is 0 Å². The van der Waals surface area contributed by atoms with Gasteiger partial charge in [0.25, 0.3) is 0 Å². The molecular formula is C17H16F3NO3. The number of nitrogens with one attached hydrogen (secondary N) is 1. The number of ether oxygens (including phenoxy) is 3. The number of halogens is 3. The standard InChI is InChI=1S/C17H16F3NO3/c1-11(12-2-5-14(6-3-12)24-17(18,19)20)21-13-4-7-15-16(10-13)23-9-8-22-15/h2-7,10-11,21H,8-9H2,1H3. The van der Waals surface area contributed by atoms with E-state index in [9.17, 15) is 13.2 Å². The molecule has 2 aromatic carbocycles. The molecule has 0 saturated carbocycles. The Hall–Kier alpha value is -2.57. The Labute approximate surface area is 137 Å². The molecule has 128 valence electrons. The van der Waals surface area contributed by atoms with Crippen LogP contribution < -0.4 is 19.5 Å². The van der Waals surface area contributed by atoms with Crippen molar-refractivity contribution < 1.29 is 27.4 Å². The van der Waals surface area contributed by atoms with Crippen LogP contribution in [0.15, 0.2) is 42.5 Å². The van der Waals surface area contributed by atoms with E-state index in [1.165, 1.54) is 12.1 Å². The van der Waals surface area contributed by atoms with Crippen molar-refractivity contribution in [1.82, 2.24) is 0 Å². The minimum absolute atomic E-state index is 0.104. The van der Waals surface area contributed by atoms with Crippen molar-refractivity contribution in [2.75, 3.05) is 18.5 Å². The average molecular weight is 339 g/mol. The Balaban J connectivity index is 1.67. The first-order valence-electron chi connectivity index (χ1n) is 7.42. The third-order valence-electron chi connectivity index (χ3n) is 3.54. The van der Waals surface area contributed by atoms with E-state index < -0.39 is 6.36 Å². The molecular weight excluding hydrogens is 323 g/mol. The summed E-state index contributed by atoms with van der Waals surface area (Å²) in [6.45, 7) is 2.95. The minimum atomic E-state index is -4.68. The summed E-state index contributed by atoms with van der Waals surface area (Å²) in [6, 6.07) is 11.2. The van der Waals surface area contributed by atoms with Crippen LogP contribution in [0.4, 0.5) is 18.9 Å². The van der Waals surface area contributed by atoms with Gasteiger partial charge in [-0.3, -0.25) is 0 Å². The molecule has 0 aromatic heterocycles. The topological polar surface area (TPSA) is 39.7 Å². The number of rotatable bonds is 4. The lowest BCUT2D eigenvalue weighted by molar-refractivity contribution is -0.274. The molecule has 1 atom stereocenters. The van der Waals surface area contributed by atoms with Gasteiger partial charge in [-0.05, 0) is 36.8 Å². The average Bonchev–Trinajstić information content (AvgIpc) is 2.54. The van der Waals surface area contributed by atoms with Gasteiger partial charge in [0.1, 0.15) is 19.0 Å². The molecule has 7 heteroatoms. The molecule has 2 aromatic rings. The molecule has 3 rings (SSSR count). The fraction of sp³-hybridized carbons (Fsp3) is 0.294. The van der Waals surface area contributed by atoms with Gasteiger partial charge in [-0.15, -0.1) is 13.2 Å². The van der Waals surface area contributed by atoms with E-state index in [0.717, 1.165) is 11.3 Å². The van der Waals surface area contributed by atoms with Gasteiger partial charge in [-0.1, -0.05) is 12.1 Å². The van der Waals surface area contributed by atoms with E-state index in [4.69, 9.17) is 9.47 Å². The summed E-state index contributed by atoms with van der Waals surface area (Å²) in [5.74, 6) is 1.14. The predicted molar refractivity (Wildman–Crippen MR) is 82.6 cm³/mol. The van der Waals surface area contributed by atoms with Crippen LogP contribution >= 0.6 is 0 Å². The summed E-state index contributed by atoms with van der Waals surface area (Å²) in [5.41, 5.74) is 1.67. The van der Waals surface area contributed by atoms with Gasteiger partial charge in [0, 0.05) is 17.8 Å². The van der Waals surface area contributed by atoms with E-state index >= 15 is 0 Å². The van der Waals surface area contributed by atoms with Gasteiger partial charge in [0.2, 0.25) is 0 Å². The summed E-state index contributed by atoms with van der Waals surface area (Å²) >= 11 is 0. The van der Waals surface area contributed by atoms with Gasteiger partial charge in [0.15, 0.2) is 11.5 Å². The fourth-order valence-corrected chi connectivity index (χ4v) is 2.42. The first-order chi connectivity index (χ1) is 11.4. The highest BCUT2D eigenvalue weighted by Crippen LogP contribution is 2.34. The van der Waals surface area contributed by atoms with Gasteiger partial charge in [-0.25, -0.2) is 0 Å². The maximum absolute atomic E-state index is 12.2. The Kier molecular flexibility index (Phi) is 4.42. The Morgan fingerprint density at radius 2 is 1.67 bits per heavy atom. The van der Waals surface area contributed by atoms with Crippen molar-refractivity contribution in [1.29, 1.82) is 0 Å². The number of anilines is 1. The summed E-state index contributed by atoms with van der Waals surface area (Å²) in [4.78, 5) is 0. The van der Waals surface area contributed by atoms with Crippen LogP contribution in [0.5, 0.6) is 17.2 Å². The highest BCUT2D eigenvalue weighted by atomic mass is 19.4. The van der Waals surface area contributed by atoms with E-state index in [1.807, 2.05) is 25.1 Å². The van der Waals surface area contributed by atoms with Crippen LogP contribution in [0.2, 0.25) is 0 Å². The van der Waals surface area contributed by atoms with Crippen LogP contribution in [0.25, 0.3) is 0 Å². The lowest BCUT2D eigenvalue weighted by Gasteiger charge is -2.21. The zero-order chi connectivity index (χ0) is 17.2. The number of hydrogen-bond acceptors (Lipinski definition) is 4. The number of hydrogen-bond donors (Lipinski definition) is 1. The fourth-order valence-electron chi connectivity index (χ4n) is 2.42. The molecule has 0 aliphatic carbocycles. The largest absolute Gasteiger partial charge is 0.573 e. The van der Waals surface area contributed by atoms with Crippen LogP contribution in [0.3, 0.4) is 0 Å². The number of alkyl halides is 3. The Morgan fingerprint density at radius 3 is 2.33 bits per heavy atom. The van der Waals surface area contributed by atoms with Crippen molar-refractivity contribution in [3.63, 3.8) is 0 Å². The first-order valence-corrected chi connectivity index (χ1v) is 7.42. The molecule has 0 saturated heterocycles. The van der Waals surface area contributed by atoms with Crippen molar-refractivity contribution in [2.24, 2.45) is 0 Å². The molecule has 4 nitrogen and oxygen atoms in total. The zero-order valence-corrected chi connectivity index (χ0v) is 12.9. The number of benzene rings is 2. The van der Waals surface area contributed by atoms with Crippen molar-refractivity contribution in [3.8, 4) is 17.2 Å².